The highest BCUT2D eigenvalue weighted by Crippen LogP contribution is 2.20. The molecule has 1 aromatic rings. The zero-order valence-electron chi connectivity index (χ0n) is 13.4. The van der Waals surface area contributed by atoms with Gasteiger partial charge in [-0.15, -0.1) is 0 Å². The average molecular weight is 342 g/mol. The van der Waals surface area contributed by atoms with Crippen LogP contribution in [0.2, 0.25) is 0 Å². The second-order valence-electron chi connectivity index (χ2n) is 5.34. The molecule has 1 heterocycles. The van der Waals surface area contributed by atoms with Crippen LogP contribution >= 0.6 is 0 Å². The van der Waals surface area contributed by atoms with Crippen LogP contribution in [0.3, 0.4) is 0 Å². The Morgan fingerprint density at radius 1 is 1.30 bits per heavy atom. The van der Waals surface area contributed by atoms with Gasteiger partial charge in [0.05, 0.1) is 33.1 Å². The Bertz CT molecular complexity index is 641. The second kappa shape index (κ2) is 7.76. The minimum absolute atomic E-state index is 0.0962. The minimum atomic E-state index is -3.52. The lowest BCUT2D eigenvalue weighted by molar-refractivity contribution is -0.135. The van der Waals surface area contributed by atoms with Crippen molar-refractivity contribution in [3.05, 3.63) is 29.8 Å². The van der Waals surface area contributed by atoms with E-state index in [4.69, 9.17) is 9.47 Å². The maximum Gasteiger partial charge on any atom is 0.238 e. The monoisotopic (exact) mass is 342 g/mol. The van der Waals surface area contributed by atoms with E-state index in [-0.39, 0.29) is 19.0 Å². The van der Waals surface area contributed by atoms with Gasteiger partial charge in [-0.3, -0.25) is 4.79 Å². The molecule has 1 aliphatic rings. The summed E-state index contributed by atoms with van der Waals surface area (Å²) in [5, 5.41) is 0. The average Bonchev–Trinajstić information content (AvgIpc) is 2.54. The summed E-state index contributed by atoms with van der Waals surface area (Å²) >= 11 is 0. The Morgan fingerprint density at radius 3 is 2.57 bits per heavy atom. The number of amides is 1. The van der Waals surface area contributed by atoms with Gasteiger partial charge < -0.3 is 14.4 Å². The first-order chi connectivity index (χ1) is 10.9. The van der Waals surface area contributed by atoms with Crippen molar-refractivity contribution in [3.8, 4) is 5.75 Å². The molecule has 7 nitrogen and oxygen atoms in total. The van der Waals surface area contributed by atoms with Crippen LogP contribution in [0.1, 0.15) is 5.56 Å². The van der Waals surface area contributed by atoms with Crippen LogP contribution in [0.5, 0.6) is 5.75 Å². The van der Waals surface area contributed by atoms with Gasteiger partial charge in [-0.05, 0) is 6.07 Å². The first-order valence-electron chi connectivity index (χ1n) is 7.34. The SMILES string of the molecule is COc1ccccc1CN(CC(=O)N1CCOCC1)S(C)(=O)=O. The minimum Gasteiger partial charge on any atom is -0.496 e. The highest BCUT2D eigenvalue weighted by Gasteiger charge is 2.25. The Labute approximate surface area is 136 Å². The van der Waals surface area contributed by atoms with Gasteiger partial charge in [0.25, 0.3) is 0 Å². The molecule has 1 aliphatic heterocycles. The van der Waals surface area contributed by atoms with Gasteiger partial charge in [0.1, 0.15) is 5.75 Å². The second-order valence-corrected chi connectivity index (χ2v) is 7.32. The van der Waals surface area contributed by atoms with Gasteiger partial charge in [-0.25, -0.2) is 8.42 Å². The summed E-state index contributed by atoms with van der Waals surface area (Å²) in [7, 11) is -1.99. The molecule has 1 fully saturated rings. The van der Waals surface area contributed by atoms with Crippen LogP contribution in [-0.4, -0.2) is 69.7 Å². The van der Waals surface area contributed by atoms with Crippen molar-refractivity contribution in [2.75, 3.05) is 46.2 Å². The maximum absolute atomic E-state index is 12.3. The van der Waals surface area contributed by atoms with Crippen molar-refractivity contribution >= 4 is 15.9 Å². The summed E-state index contributed by atoms with van der Waals surface area (Å²) in [6, 6.07) is 7.17. The third kappa shape index (κ3) is 4.92. The van der Waals surface area contributed by atoms with Crippen molar-refractivity contribution in [2.45, 2.75) is 6.54 Å². The number of hydrogen-bond acceptors (Lipinski definition) is 5. The summed E-state index contributed by atoms with van der Waals surface area (Å²) in [4.78, 5) is 14.0. The number of carbonyl (C=O) groups excluding carboxylic acids is 1. The Hall–Kier alpha value is -1.64. The molecule has 1 aromatic carbocycles. The van der Waals surface area contributed by atoms with Gasteiger partial charge in [0, 0.05) is 25.2 Å². The van der Waals surface area contributed by atoms with E-state index in [9.17, 15) is 13.2 Å². The third-order valence-electron chi connectivity index (χ3n) is 3.68. The van der Waals surface area contributed by atoms with E-state index in [2.05, 4.69) is 0 Å². The first-order valence-corrected chi connectivity index (χ1v) is 9.19. The predicted octanol–water partition coefficient (Wildman–Crippen LogP) is 0.316. The van der Waals surface area contributed by atoms with Gasteiger partial charge in [0.2, 0.25) is 15.9 Å². The molecule has 0 unspecified atom stereocenters. The number of hydrogen-bond donors (Lipinski definition) is 0. The van der Waals surface area contributed by atoms with Crippen molar-refractivity contribution in [1.29, 1.82) is 0 Å². The molecule has 0 aromatic heterocycles. The normalized spacial score (nSPS) is 15.7. The van der Waals surface area contributed by atoms with E-state index >= 15 is 0 Å². The van der Waals surface area contributed by atoms with Gasteiger partial charge in [-0.2, -0.15) is 4.31 Å². The number of methoxy groups -OCH3 is 1. The van der Waals surface area contributed by atoms with Crippen LogP contribution in [0.15, 0.2) is 24.3 Å². The van der Waals surface area contributed by atoms with Gasteiger partial charge >= 0.3 is 0 Å². The van der Waals surface area contributed by atoms with Gasteiger partial charge in [0.15, 0.2) is 0 Å². The van der Waals surface area contributed by atoms with Crippen molar-refractivity contribution in [1.82, 2.24) is 9.21 Å². The van der Waals surface area contributed by atoms with E-state index < -0.39 is 10.0 Å². The van der Waals surface area contributed by atoms with Crippen LogP contribution in [0, 0.1) is 0 Å². The number of para-hydroxylation sites is 1. The number of nitrogens with zero attached hydrogens (tertiary/aromatic N) is 2. The quantitative estimate of drug-likeness (QED) is 0.744. The van der Waals surface area contributed by atoms with Crippen LogP contribution in [-0.2, 0) is 26.1 Å². The molecule has 8 heteroatoms. The van der Waals surface area contributed by atoms with Crippen molar-refractivity contribution in [3.63, 3.8) is 0 Å². The summed E-state index contributed by atoms with van der Waals surface area (Å²) < 4.78 is 35.7. The Kier molecular flexibility index (Phi) is 5.97. The number of rotatable bonds is 6. The Balaban J connectivity index is 2.13. The van der Waals surface area contributed by atoms with Crippen LogP contribution in [0.4, 0.5) is 0 Å². The van der Waals surface area contributed by atoms with E-state index in [1.165, 1.54) is 11.4 Å². The Morgan fingerprint density at radius 2 is 1.96 bits per heavy atom. The molecule has 0 saturated carbocycles. The smallest absolute Gasteiger partial charge is 0.238 e. The molecule has 0 N–H and O–H groups in total. The molecule has 0 bridgehead atoms. The summed E-state index contributed by atoms with van der Waals surface area (Å²) in [5.74, 6) is 0.383. The summed E-state index contributed by atoms with van der Waals surface area (Å²) in [5.41, 5.74) is 0.718. The van der Waals surface area contributed by atoms with Crippen molar-refractivity contribution < 1.29 is 22.7 Å². The highest BCUT2D eigenvalue weighted by molar-refractivity contribution is 7.88. The fourth-order valence-electron chi connectivity index (χ4n) is 2.38. The number of sulfonamides is 1. The molecule has 1 amide bonds. The number of morpholine rings is 1. The lowest BCUT2D eigenvalue weighted by Gasteiger charge is -2.29. The molecule has 1 saturated heterocycles. The molecular formula is C15H22N2O5S. The molecule has 0 spiro atoms. The third-order valence-corrected chi connectivity index (χ3v) is 4.88. The van der Waals surface area contributed by atoms with Gasteiger partial charge in [-0.1, -0.05) is 18.2 Å². The molecule has 0 radical (unpaired) electrons. The van der Waals surface area contributed by atoms with E-state index in [0.717, 1.165) is 11.8 Å². The molecular weight excluding hydrogens is 320 g/mol. The first kappa shape index (κ1) is 17.7. The molecule has 2 rings (SSSR count). The zero-order chi connectivity index (χ0) is 16.9. The number of benzene rings is 1. The fraction of sp³-hybridized carbons (Fsp3) is 0.533. The summed E-state index contributed by atoms with van der Waals surface area (Å²) in [6.07, 6.45) is 1.11. The number of ether oxygens (including phenoxy) is 2. The lowest BCUT2D eigenvalue weighted by Crippen LogP contribution is -2.46. The van der Waals surface area contributed by atoms with Crippen LogP contribution < -0.4 is 4.74 Å². The van der Waals surface area contributed by atoms with E-state index in [1.807, 2.05) is 12.1 Å². The highest BCUT2D eigenvalue weighted by atomic mass is 32.2. The fourth-order valence-corrected chi connectivity index (χ4v) is 3.10. The number of carbonyl (C=O) groups is 1. The van der Waals surface area contributed by atoms with Crippen molar-refractivity contribution in [2.24, 2.45) is 0 Å². The predicted molar refractivity (Wildman–Crippen MR) is 85.6 cm³/mol. The largest absolute Gasteiger partial charge is 0.496 e. The standard InChI is InChI=1S/C15H22N2O5S/c1-21-14-6-4-3-5-13(14)11-17(23(2,19)20)12-15(18)16-7-9-22-10-8-16/h3-6H,7-12H2,1-2H3. The van der Waals surface area contributed by atoms with E-state index in [0.29, 0.717) is 32.1 Å². The zero-order valence-corrected chi connectivity index (χ0v) is 14.2. The molecule has 23 heavy (non-hydrogen) atoms. The summed E-state index contributed by atoms with van der Waals surface area (Å²) in [6.45, 7) is 1.86. The molecule has 0 atom stereocenters. The van der Waals surface area contributed by atoms with Crippen LogP contribution in [0.25, 0.3) is 0 Å². The lowest BCUT2D eigenvalue weighted by atomic mass is 10.2. The maximum atomic E-state index is 12.3. The molecule has 0 aliphatic carbocycles. The molecule has 128 valence electrons. The van der Waals surface area contributed by atoms with E-state index in [1.54, 1.807) is 17.0 Å². The topological polar surface area (TPSA) is 76.2 Å².